The third-order valence-corrected chi connectivity index (χ3v) is 4.38. The lowest BCUT2D eigenvalue weighted by Crippen LogP contribution is -2.45. The summed E-state index contributed by atoms with van der Waals surface area (Å²) in [6.45, 7) is 12.0. The predicted octanol–water partition coefficient (Wildman–Crippen LogP) is 2.92. The third-order valence-electron chi connectivity index (χ3n) is 4.38. The molecule has 6 heteroatoms. The number of rotatable bonds is 8. The van der Waals surface area contributed by atoms with Crippen molar-refractivity contribution in [3.05, 3.63) is 29.8 Å². The maximum absolute atomic E-state index is 12.2. The lowest BCUT2D eigenvalue weighted by atomic mass is 9.84. The first-order chi connectivity index (χ1) is 11.9. The first-order valence-corrected chi connectivity index (χ1v) is 9.18. The van der Waals surface area contributed by atoms with Crippen LogP contribution in [-0.2, 0) is 14.9 Å². The summed E-state index contributed by atoms with van der Waals surface area (Å²) in [7, 11) is 0. The van der Waals surface area contributed by atoms with Gasteiger partial charge in [0.1, 0.15) is 5.75 Å². The van der Waals surface area contributed by atoms with E-state index in [1.807, 2.05) is 12.1 Å². The summed E-state index contributed by atoms with van der Waals surface area (Å²) in [6, 6.07) is 8.29. The van der Waals surface area contributed by atoms with Crippen molar-refractivity contribution in [1.29, 1.82) is 0 Å². The standard InChI is InChI=1S/C20H32N2O3.ClH/c1-15(2)12-25-18-7-5-16(6-8-18)20(3,4)14-22-19(23)11-17-13-24-10-9-21-17;/h5-8,15,17,21H,9-14H2,1-4H3,(H,22,23);1H. The lowest BCUT2D eigenvalue weighted by molar-refractivity contribution is -0.122. The molecule has 1 atom stereocenters. The van der Waals surface area contributed by atoms with Gasteiger partial charge in [-0.3, -0.25) is 4.79 Å². The molecular weight excluding hydrogens is 352 g/mol. The third kappa shape index (κ3) is 7.52. The van der Waals surface area contributed by atoms with Crippen LogP contribution in [0.15, 0.2) is 24.3 Å². The number of nitrogens with one attached hydrogen (secondary N) is 2. The normalized spacial score (nSPS) is 17.5. The van der Waals surface area contributed by atoms with Gasteiger partial charge >= 0.3 is 0 Å². The van der Waals surface area contributed by atoms with Gasteiger partial charge in [-0.1, -0.05) is 39.8 Å². The summed E-state index contributed by atoms with van der Waals surface area (Å²) in [4.78, 5) is 12.2. The Morgan fingerprint density at radius 2 is 2.04 bits per heavy atom. The molecule has 26 heavy (non-hydrogen) atoms. The van der Waals surface area contributed by atoms with Crippen molar-refractivity contribution in [2.24, 2.45) is 5.92 Å². The number of hydrogen-bond donors (Lipinski definition) is 2. The molecule has 148 valence electrons. The highest BCUT2D eigenvalue weighted by Crippen LogP contribution is 2.25. The van der Waals surface area contributed by atoms with Crippen LogP contribution in [0.4, 0.5) is 0 Å². The van der Waals surface area contributed by atoms with Gasteiger partial charge in [0.25, 0.3) is 0 Å². The van der Waals surface area contributed by atoms with Gasteiger partial charge in [0.2, 0.25) is 5.91 Å². The van der Waals surface area contributed by atoms with Crippen molar-refractivity contribution in [1.82, 2.24) is 10.6 Å². The Bertz CT molecular complexity index is 540. The predicted molar refractivity (Wildman–Crippen MR) is 107 cm³/mol. The van der Waals surface area contributed by atoms with Gasteiger partial charge < -0.3 is 20.1 Å². The Labute approximate surface area is 163 Å². The van der Waals surface area contributed by atoms with Crippen LogP contribution in [0.1, 0.15) is 39.7 Å². The number of carbonyl (C=O) groups excluding carboxylic acids is 1. The summed E-state index contributed by atoms with van der Waals surface area (Å²) in [5.74, 6) is 1.46. The smallest absolute Gasteiger partial charge is 0.221 e. The second-order valence-corrected chi connectivity index (χ2v) is 7.82. The second-order valence-electron chi connectivity index (χ2n) is 7.82. The van der Waals surface area contributed by atoms with Gasteiger partial charge in [0, 0.05) is 31.0 Å². The van der Waals surface area contributed by atoms with Crippen molar-refractivity contribution in [3.8, 4) is 5.75 Å². The molecule has 0 spiro atoms. The summed E-state index contributed by atoms with van der Waals surface area (Å²) < 4.78 is 11.1. The molecule has 2 rings (SSSR count). The van der Waals surface area contributed by atoms with Crippen LogP contribution in [0.25, 0.3) is 0 Å². The van der Waals surface area contributed by atoms with E-state index >= 15 is 0 Å². The van der Waals surface area contributed by atoms with Crippen LogP contribution in [-0.4, -0.2) is 44.9 Å². The first kappa shape index (κ1) is 22.7. The van der Waals surface area contributed by atoms with Gasteiger partial charge in [0.05, 0.1) is 19.8 Å². The maximum atomic E-state index is 12.2. The van der Waals surface area contributed by atoms with Gasteiger partial charge in [-0.15, -0.1) is 12.4 Å². The summed E-state index contributed by atoms with van der Waals surface area (Å²) in [5, 5.41) is 6.36. The summed E-state index contributed by atoms with van der Waals surface area (Å²) in [6.07, 6.45) is 0.456. The molecule has 1 fully saturated rings. The van der Waals surface area contributed by atoms with Crippen LogP contribution in [0.3, 0.4) is 0 Å². The van der Waals surface area contributed by atoms with Crippen LogP contribution in [0, 0.1) is 5.92 Å². The van der Waals surface area contributed by atoms with E-state index in [9.17, 15) is 4.79 Å². The second kappa shape index (κ2) is 10.8. The number of benzene rings is 1. The number of amides is 1. The zero-order chi connectivity index (χ0) is 18.3. The Balaban J connectivity index is 0.00000338. The minimum atomic E-state index is -0.136. The molecule has 1 unspecified atom stereocenters. The fraction of sp³-hybridized carbons (Fsp3) is 0.650. The molecule has 1 aliphatic rings. The number of halogens is 1. The largest absolute Gasteiger partial charge is 0.493 e. The molecule has 1 heterocycles. The Morgan fingerprint density at radius 1 is 1.35 bits per heavy atom. The lowest BCUT2D eigenvalue weighted by Gasteiger charge is -2.27. The van der Waals surface area contributed by atoms with E-state index in [2.05, 4.69) is 50.5 Å². The molecule has 2 N–H and O–H groups in total. The van der Waals surface area contributed by atoms with E-state index in [0.717, 1.165) is 25.5 Å². The Hall–Kier alpha value is -1.30. The monoisotopic (exact) mass is 384 g/mol. The van der Waals surface area contributed by atoms with Crippen LogP contribution in [0.5, 0.6) is 5.75 Å². The topological polar surface area (TPSA) is 59.6 Å². The quantitative estimate of drug-likeness (QED) is 0.723. The molecule has 1 saturated heterocycles. The fourth-order valence-electron chi connectivity index (χ4n) is 2.73. The van der Waals surface area contributed by atoms with Gasteiger partial charge in [-0.2, -0.15) is 0 Å². The molecule has 0 aromatic heterocycles. The first-order valence-electron chi connectivity index (χ1n) is 9.18. The Morgan fingerprint density at radius 3 is 2.62 bits per heavy atom. The molecule has 0 saturated carbocycles. The highest BCUT2D eigenvalue weighted by Gasteiger charge is 2.23. The van der Waals surface area contributed by atoms with Gasteiger partial charge in [-0.25, -0.2) is 0 Å². The molecule has 5 nitrogen and oxygen atoms in total. The Kier molecular flexibility index (Phi) is 9.41. The average Bonchev–Trinajstić information content (AvgIpc) is 2.59. The number of hydrogen-bond acceptors (Lipinski definition) is 4. The fourth-order valence-corrected chi connectivity index (χ4v) is 2.73. The highest BCUT2D eigenvalue weighted by molar-refractivity contribution is 5.85. The van der Waals surface area contributed by atoms with Gasteiger partial charge in [0.15, 0.2) is 0 Å². The summed E-state index contributed by atoms with van der Waals surface area (Å²) in [5.41, 5.74) is 1.05. The summed E-state index contributed by atoms with van der Waals surface area (Å²) >= 11 is 0. The van der Waals surface area contributed by atoms with E-state index in [1.165, 1.54) is 5.56 Å². The van der Waals surface area contributed by atoms with Crippen molar-refractivity contribution in [3.63, 3.8) is 0 Å². The van der Waals surface area contributed by atoms with E-state index in [1.54, 1.807) is 0 Å². The van der Waals surface area contributed by atoms with Crippen LogP contribution in [0.2, 0.25) is 0 Å². The molecule has 1 amide bonds. The van der Waals surface area contributed by atoms with E-state index < -0.39 is 0 Å². The minimum absolute atomic E-state index is 0. The van der Waals surface area contributed by atoms with E-state index in [4.69, 9.17) is 9.47 Å². The van der Waals surface area contributed by atoms with Crippen LogP contribution < -0.4 is 15.4 Å². The average molecular weight is 385 g/mol. The molecule has 0 bridgehead atoms. The number of carbonyl (C=O) groups is 1. The van der Waals surface area contributed by atoms with Crippen molar-refractivity contribution in [2.75, 3.05) is 32.9 Å². The van der Waals surface area contributed by atoms with E-state index in [-0.39, 0.29) is 29.8 Å². The SMILES string of the molecule is CC(C)COc1ccc(C(C)(C)CNC(=O)CC2COCCN2)cc1.Cl. The maximum Gasteiger partial charge on any atom is 0.221 e. The molecule has 1 aliphatic heterocycles. The molecule has 1 aromatic carbocycles. The zero-order valence-electron chi connectivity index (χ0n) is 16.3. The van der Waals surface area contributed by atoms with Crippen molar-refractivity contribution >= 4 is 18.3 Å². The number of morpholine rings is 1. The molecule has 0 radical (unpaired) electrons. The van der Waals surface area contributed by atoms with Crippen molar-refractivity contribution < 1.29 is 14.3 Å². The molecular formula is C20H33ClN2O3. The molecule has 1 aromatic rings. The van der Waals surface area contributed by atoms with Crippen molar-refractivity contribution in [2.45, 2.75) is 45.6 Å². The zero-order valence-corrected chi connectivity index (χ0v) is 17.2. The highest BCUT2D eigenvalue weighted by atomic mass is 35.5. The minimum Gasteiger partial charge on any atom is -0.493 e. The molecule has 0 aliphatic carbocycles. The van der Waals surface area contributed by atoms with Gasteiger partial charge in [-0.05, 0) is 23.6 Å². The van der Waals surface area contributed by atoms with E-state index in [0.29, 0.717) is 25.5 Å². The van der Waals surface area contributed by atoms with Crippen LogP contribution >= 0.6 is 12.4 Å². The number of ether oxygens (including phenoxy) is 2.